The monoisotopic (exact) mass is 374 g/mol. The van der Waals surface area contributed by atoms with Crippen molar-refractivity contribution in [1.82, 2.24) is 4.98 Å². The molecule has 1 aromatic heterocycles. The van der Waals surface area contributed by atoms with Crippen LogP contribution in [0.5, 0.6) is 11.5 Å². The van der Waals surface area contributed by atoms with Crippen molar-refractivity contribution >= 4 is 34.5 Å². The van der Waals surface area contributed by atoms with Crippen molar-refractivity contribution in [1.29, 1.82) is 0 Å². The number of rotatable bonds is 5. The number of amides is 1. The van der Waals surface area contributed by atoms with Crippen molar-refractivity contribution in [3.8, 4) is 11.5 Å². The van der Waals surface area contributed by atoms with Crippen LogP contribution in [0, 0.1) is 6.92 Å². The molecule has 0 unspecified atom stereocenters. The summed E-state index contributed by atoms with van der Waals surface area (Å²) in [5, 5.41) is 15.8. The number of anilines is 1. The topological polar surface area (TPSA) is 71.5 Å². The summed E-state index contributed by atoms with van der Waals surface area (Å²) in [6, 6.07) is 11.3. The number of nitrogens with one attached hydrogen (secondary N) is 1. The summed E-state index contributed by atoms with van der Waals surface area (Å²) in [4.78, 5) is 16.7. The Morgan fingerprint density at radius 3 is 2.92 bits per heavy atom. The molecule has 3 aromatic rings. The van der Waals surface area contributed by atoms with Gasteiger partial charge in [-0.1, -0.05) is 17.7 Å². The Labute approximate surface area is 153 Å². The highest BCUT2D eigenvalue weighted by Crippen LogP contribution is 2.27. The van der Waals surface area contributed by atoms with Crippen molar-refractivity contribution < 1.29 is 14.6 Å². The molecule has 5 nitrogen and oxygen atoms in total. The minimum absolute atomic E-state index is 0.0518. The molecule has 0 aliphatic carbocycles. The van der Waals surface area contributed by atoms with Crippen LogP contribution in [0.15, 0.2) is 47.8 Å². The zero-order valence-corrected chi connectivity index (χ0v) is 14.9. The van der Waals surface area contributed by atoms with E-state index in [0.717, 1.165) is 10.7 Å². The Hall–Kier alpha value is -2.57. The molecule has 0 aliphatic rings. The Kier molecular flexibility index (Phi) is 5.21. The smallest absolute Gasteiger partial charge is 0.255 e. The molecule has 0 saturated carbocycles. The first-order valence-corrected chi connectivity index (χ1v) is 8.71. The second kappa shape index (κ2) is 7.55. The van der Waals surface area contributed by atoms with Gasteiger partial charge in [-0.2, -0.15) is 0 Å². The molecule has 2 N–H and O–H groups in total. The standard InChI is InChI=1S/C18H15ClN2O3S/c1-11-20-14(10-25-11)9-24-15-4-2-3-12(7-15)18(23)21-16-8-13(19)5-6-17(16)22/h2-8,10,22H,9H2,1H3,(H,21,23). The van der Waals surface area contributed by atoms with E-state index in [2.05, 4.69) is 10.3 Å². The van der Waals surface area contributed by atoms with Crippen LogP contribution in [-0.2, 0) is 6.61 Å². The molecule has 7 heteroatoms. The normalized spacial score (nSPS) is 10.5. The van der Waals surface area contributed by atoms with E-state index in [1.54, 1.807) is 41.7 Å². The Morgan fingerprint density at radius 2 is 2.16 bits per heavy atom. The van der Waals surface area contributed by atoms with Crippen molar-refractivity contribution in [2.45, 2.75) is 13.5 Å². The lowest BCUT2D eigenvalue weighted by atomic mass is 10.2. The number of carbonyl (C=O) groups excluding carboxylic acids is 1. The number of hydrogen-bond acceptors (Lipinski definition) is 5. The third kappa shape index (κ3) is 4.49. The molecule has 0 radical (unpaired) electrons. The van der Waals surface area contributed by atoms with E-state index < -0.39 is 0 Å². The fraction of sp³-hybridized carbons (Fsp3) is 0.111. The first kappa shape index (κ1) is 17.3. The van der Waals surface area contributed by atoms with Gasteiger partial charge in [0.25, 0.3) is 5.91 Å². The molecule has 1 amide bonds. The lowest BCUT2D eigenvalue weighted by Crippen LogP contribution is -2.12. The van der Waals surface area contributed by atoms with Gasteiger partial charge in [-0.25, -0.2) is 4.98 Å². The zero-order valence-electron chi connectivity index (χ0n) is 13.3. The molecule has 0 atom stereocenters. The SMILES string of the molecule is Cc1nc(COc2cccc(C(=O)Nc3cc(Cl)ccc3O)c2)cs1. The van der Waals surface area contributed by atoms with Gasteiger partial charge in [-0.15, -0.1) is 11.3 Å². The maximum atomic E-state index is 12.4. The third-order valence-electron chi connectivity index (χ3n) is 3.36. The number of benzene rings is 2. The van der Waals surface area contributed by atoms with E-state index in [-0.39, 0.29) is 17.3 Å². The average molecular weight is 375 g/mol. The number of aromatic hydroxyl groups is 1. The summed E-state index contributed by atoms with van der Waals surface area (Å²) in [6.45, 7) is 2.27. The molecule has 0 bridgehead atoms. The van der Waals surface area contributed by atoms with Gasteiger partial charge in [-0.3, -0.25) is 4.79 Å². The maximum absolute atomic E-state index is 12.4. The minimum atomic E-state index is -0.368. The van der Waals surface area contributed by atoms with Gasteiger partial charge in [0.15, 0.2) is 0 Å². The first-order valence-electron chi connectivity index (χ1n) is 7.45. The van der Waals surface area contributed by atoms with Crippen LogP contribution >= 0.6 is 22.9 Å². The number of thiazole rings is 1. The number of phenols is 1. The highest BCUT2D eigenvalue weighted by molar-refractivity contribution is 7.09. The van der Waals surface area contributed by atoms with E-state index in [0.29, 0.717) is 22.9 Å². The Bertz CT molecular complexity index is 911. The molecule has 1 heterocycles. The van der Waals surface area contributed by atoms with Crippen molar-refractivity contribution in [3.05, 3.63) is 69.1 Å². The van der Waals surface area contributed by atoms with Crippen LogP contribution in [0.1, 0.15) is 21.1 Å². The molecule has 25 heavy (non-hydrogen) atoms. The third-order valence-corrected chi connectivity index (χ3v) is 4.41. The summed E-state index contributed by atoms with van der Waals surface area (Å²) in [6.07, 6.45) is 0. The Balaban J connectivity index is 1.69. The van der Waals surface area contributed by atoms with Gasteiger partial charge in [0, 0.05) is 16.0 Å². The van der Waals surface area contributed by atoms with E-state index in [1.807, 2.05) is 12.3 Å². The summed E-state index contributed by atoms with van der Waals surface area (Å²) in [7, 11) is 0. The number of nitrogens with zero attached hydrogens (tertiary/aromatic N) is 1. The van der Waals surface area contributed by atoms with Crippen LogP contribution in [0.4, 0.5) is 5.69 Å². The van der Waals surface area contributed by atoms with Gasteiger partial charge in [-0.05, 0) is 43.3 Å². The predicted molar refractivity (Wildman–Crippen MR) is 98.7 cm³/mol. The molecule has 3 rings (SSSR count). The molecule has 0 spiro atoms. The van der Waals surface area contributed by atoms with Gasteiger partial charge in [0.2, 0.25) is 0 Å². The number of phenolic OH excluding ortho intramolecular Hbond substituents is 1. The van der Waals surface area contributed by atoms with E-state index in [9.17, 15) is 9.90 Å². The zero-order chi connectivity index (χ0) is 17.8. The second-order valence-corrected chi connectivity index (χ2v) is 6.79. The molecular weight excluding hydrogens is 360 g/mol. The molecule has 0 saturated heterocycles. The van der Waals surface area contributed by atoms with Gasteiger partial charge in [0.1, 0.15) is 18.1 Å². The number of carbonyl (C=O) groups is 1. The van der Waals surface area contributed by atoms with Gasteiger partial charge < -0.3 is 15.2 Å². The molecular formula is C18H15ClN2O3S. The van der Waals surface area contributed by atoms with Crippen LogP contribution in [-0.4, -0.2) is 16.0 Å². The number of halogens is 1. The number of aryl methyl sites for hydroxylation is 1. The lowest BCUT2D eigenvalue weighted by molar-refractivity contribution is 0.102. The largest absolute Gasteiger partial charge is 0.506 e. The summed E-state index contributed by atoms with van der Waals surface area (Å²) in [5.41, 5.74) is 1.51. The van der Waals surface area contributed by atoms with E-state index >= 15 is 0 Å². The van der Waals surface area contributed by atoms with Crippen LogP contribution < -0.4 is 10.1 Å². The van der Waals surface area contributed by atoms with E-state index in [4.69, 9.17) is 16.3 Å². The maximum Gasteiger partial charge on any atom is 0.255 e. The summed E-state index contributed by atoms with van der Waals surface area (Å²) < 4.78 is 5.68. The fourth-order valence-corrected chi connectivity index (χ4v) is 2.93. The first-order chi connectivity index (χ1) is 12.0. The highest BCUT2D eigenvalue weighted by atomic mass is 35.5. The van der Waals surface area contributed by atoms with Gasteiger partial charge >= 0.3 is 0 Å². The second-order valence-electron chi connectivity index (χ2n) is 5.29. The van der Waals surface area contributed by atoms with Crippen molar-refractivity contribution in [2.75, 3.05) is 5.32 Å². The Morgan fingerprint density at radius 1 is 1.32 bits per heavy atom. The van der Waals surface area contributed by atoms with Gasteiger partial charge in [0.05, 0.1) is 16.4 Å². The predicted octanol–water partition coefficient (Wildman–Crippen LogP) is 4.64. The summed E-state index contributed by atoms with van der Waals surface area (Å²) in [5.74, 6) is 0.144. The van der Waals surface area contributed by atoms with Crippen LogP contribution in [0.25, 0.3) is 0 Å². The molecule has 2 aromatic carbocycles. The van der Waals surface area contributed by atoms with Crippen molar-refractivity contribution in [3.63, 3.8) is 0 Å². The average Bonchev–Trinajstić information content (AvgIpc) is 3.02. The molecule has 0 fully saturated rings. The molecule has 0 aliphatic heterocycles. The fourth-order valence-electron chi connectivity index (χ4n) is 2.16. The number of hydrogen-bond donors (Lipinski definition) is 2. The number of aromatic nitrogens is 1. The quantitative estimate of drug-likeness (QED) is 0.638. The van der Waals surface area contributed by atoms with Crippen LogP contribution in [0.2, 0.25) is 5.02 Å². The van der Waals surface area contributed by atoms with E-state index in [1.165, 1.54) is 12.1 Å². The van der Waals surface area contributed by atoms with Crippen LogP contribution in [0.3, 0.4) is 0 Å². The summed E-state index contributed by atoms with van der Waals surface area (Å²) >= 11 is 7.45. The minimum Gasteiger partial charge on any atom is -0.506 e. The number of ether oxygens (including phenoxy) is 1. The lowest BCUT2D eigenvalue weighted by Gasteiger charge is -2.09. The highest BCUT2D eigenvalue weighted by Gasteiger charge is 2.11. The van der Waals surface area contributed by atoms with Crippen molar-refractivity contribution in [2.24, 2.45) is 0 Å². The molecule has 128 valence electrons.